The van der Waals surface area contributed by atoms with E-state index in [2.05, 4.69) is 20.9 Å². The molecule has 25 heavy (non-hydrogen) atoms. The summed E-state index contributed by atoms with van der Waals surface area (Å²) in [6.45, 7) is 4.86. The standard InChI is InChI=1S/C18H18BrNO5/c1-4-24-17(22)15-10(2)16(20-11(15)3)18(23)25-9-14(21)12-5-7-13(19)8-6-12/h5-8,20H,4,9H2,1-3H3. The fourth-order valence-electron chi connectivity index (χ4n) is 2.39. The molecule has 2 aromatic rings. The highest BCUT2D eigenvalue weighted by Gasteiger charge is 2.24. The van der Waals surface area contributed by atoms with E-state index in [0.29, 0.717) is 22.4 Å². The Morgan fingerprint density at radius 3 is 2.28 bits per heavy atom. The van der Waals surface area contributed by atoms with Crippen LogP contribution in [-0.4, -0.2) is 35.9 Å². The van der Waals surface area contributed by atoms with E-state index in [-0.39, 0.29) is 24.7 Å². The summed E-state index contributed by atoms with van der Waals surface area (Å²) in [6.07, 6.45) is 0. The van der Waals surface area contributed by atoms with Crippen LogP contribution in [0.2, 0.25) is 0 Å². The van der Waals surface area contributed by atoms with Crippen LogP contribution in [-0.2, 0) is 9.47 Å². The molecule has 0 spiro atoms. The number of carbonyl (C=O) groups is 3. The minimum absolute atomic E-state index is 0.143. The molecule has 0 fully saturated rings. The van der Waals surface area contributed by atoms with Gasteiger partial charge in [0.2, 0.25) is 0 Å². The number of aromatic nitrogens is 1. The van der Waals surface area contributed by atoms with E-state index in [1.807, 2.05) is 0 Å². The zero-order valence-electron chi connectivity index (χ0n) is 14.1. The molecule has 0 unspecified atom stereocenters. The molecule has 0 radical (unpaired) electrons. The lowest BCUT2D eigenvalue weighted by Crippen LogP contribution is -2.15. The highest BCUT2D eigenvalue weighted by Crippen LogP contribution is 2.20. The van der Waals surface area contributed by atoms with Crippen molar-refractivity contribution < 1.29 is 23.9 Å². The number of aryl methyl sites for hydroxylation is 1. The van der Waals surface area contributed by atoms with Gasteiger partial charge in [0.05, 0.1) is 12.2 Å². The maximum Gasteiger partial charge on any atom is 0.355 e. The number of benzene rings is 1. The summed E-state index contributed by atoms with van der Waals surface area (Å²) in [7, 11) is 0. The van der Waals surface area contributed by atoms with Crippen molar-refractivity contribution in [3.63, 3.8) is 0 Å². The Balaban J connectivity index is 2.08. The average Bonchev–Trinajstić information content (AvgIpc) is 2.88. The molecule has 1 aromatic heterocycles. The maximum absolute atomic E-state index is 12.2. The second-order valence-electron chi connectivity index (χ2n) is 5.35. The van der Waals surface area contributed by atoms with Crippen LogP contribution in [0.5, 0.6) is 0 Å². The number of Topliss-reactive ketones (excluding diaryl/α,β-unsaturated/α-hetero) is 1. The third kappa shape index (κ3) is 4.36. The molecule has 0 bridgehead atoms. The van der Waals surface area contributed by atoms with Crippen molar-refractivity contribution in [1.82, 2.24) is 4.98 Å². The Hall–Kier alpha value is -2.41. The van der Waals surface area contributed by atoms with E-state index >= 15 is 0 Å². The topological polar surface area (TPSA) is 85.5 Å². The van der Waals surface area contributed by atoms with Crippen molar-refractivity contribution in [2.24, 2.45) is 0 Å². The Morgan fingerprint density at radius 1 is 1.04 bits per heavy atom. The predicted octanol–water partition coefficient (Wildman–Crippen LogP) is 3.61. The van der Waals surface area contributed by atoms with Gasteiger partial charge in [-0.15, -0.1) is 0 Å². The smallest absolute Gasteiger partial charge is 0.355 e. The van der Waals surface area contributed by atoms with Crippen molar-refractivity contribution >= 4 is 33.7 Å². The second kappa shape index (κ2) is 8.11. The van der Waals surface area contributed by atoms with E-state index < -0.39 is 11.9 Å². The maximum atomic E-state index is 12.2. The second-order valence-corrected chi connectivity index (χ2v) is 6.27. The highest BCUT2D eigenvalue weighted by molar-refractivity contribution is 9.10. The summed E-state index contributed by atoms with van der Waals surface area (Å²) in [4.78, 5) is 39.1. The molecular formula is C18H18BrNO5. The largest absolute Gasteiger partial charge is 0.462 e. The van der Waals surface area contributed by atoms with Gasteiger partial charge in [0.25, 0.3) is 0 Å². The summed E-state index contributed by atoms with van der Waals surface area (Å²) in [5, 5.41) is 0. The van der Waals surface area contributed by atoms with Crippen molar-refractivity contribution in [3.05, 3.63) is 56.8 Å². The van der Waals surface area contributed by atoms with E-state index in [4.69, 9.17) is 9.47 Å². The average molecular weight is 408 g/mol. The van der Waals surface area contributed by atoms with Crippen molar-refractivity contribution in [1.29, 1.82) is 0 Å². The molecule has 6 nitrogen and oxygen atoms in total. The van der Waals surface area contributed by atoms with Gasteiger partial charge >= 0.3 is 11.9 Å². The number of halogens is 1. The Labute approximate surface area is 153 Å². The molecule has 0 amide bonds. The molecule has 0 aliphatic carbocycles. The molecular weight excluding hydrogens is 390 g/mol. The molecule has 1 N–H and O–H groups in total. The van der Waals surface area contributed by atoms with Gasteiger partial charge < -0.3 is 14.5 Å². The van der Waals surface area contributed by atoms with Gasteiger partial charge in [0, 0.05) is 15.7 Å². The first-order valence-electron chi connectivity index (χ1n) is 7.67. The zero-order valence-corrected chi connectivity index (χ0v) is 15.7. The lowest BCUT2D eigenvalue weighted by molar-refractivity contribution is 0.0468. The zero-order chi connectivity index (χ0) is 18.6. The van der Waals surface area contributed by atoms with Crippen LogP contribution in [0, 0.1) is 13.8 Å². The quantitative estimate of drug-likeness (QED) is 0.583. The predicted molar refractivity (Wildman–Crippen MR) is 95.0 cm³/mol. The van der Waals surface area contributed by atoms with Crippen LogP contribution in [0.4, 0.5) is 0 Å². The van der Waals surface area contributed by atoms with E-state index in [9.17, 15) is 14.4 Å². The van der Waals surface area contributed by atoms with Crippen LogP contribution < -0.4 is 0 Å². The van der Waals surface area contributed by atoms with Crippen molar-refractivity contribution in [2.45, 2.75) is 20.8 Å². The first kappa shape index (κ1) is 18.9. The first-order chi connectivity index (χ1) is 11.8. The highest BCUT2D eigenvalue weighted by atomic mass is 79.9. The van der Waals surface area contributed by atoms with Crippen LogP contribution in [0.25, 0.3) is 0 Å². The SMILES string of the molecule is CCOC(=O)c1c(C)[nH]c(C(=O)OCC(=O)c2ccc(Br)cc2)c1C. The Morgan fingerprint density at radius 2 is 1.68 bits per heavy atom. The van der Waals surface area contributed by atoms with Gasteiger partial charge in [0.1, 0.15) is 5.69 Å². The van der Waals surface area contributed by atoms with Crippen LogP contribution in [0.1, 0.15) is 49.4 Å². The van der Waals surface area contributed by atoms with Crippen molar-refractivity contribution in [3.8, 4) is 0 Å². The molecule has 0 aliphatic rings. The Bertz CT molecular complexity index is 808. The number of ether oxygens (including phenoxy) is 2. The third-order valence-corrected chi connectivity index (χ3v) is 4.15. The lowest BCUT2D eigenvalue weighted by Gasteiger charge is -2.05. The van der Waals surface area contributed by atoms with E-state index in [0.717, 1.165) is 4.47 Å². The number of nitrogens with one attached hydrogen (secondary N) is 1. The van der Waals surface area contributed by atoms with Gasteiger partial charge in [-0.05, 0) is 38.5 Å². The number of ketones is 1. The summed E-state index contributed by atoms with van der Waals surface area (Å²) < 4.78 is 10.9. The van der Waals surface area contributed by atoms with Gasteiger partial charge in [-0.1, -0.05) is 28.1 Å². The number of hydrogen-bond donors (Lipinski definition) is 1. The summed E-state index contributed by atoms with van der Waals surface area (Å²) in [6, 6.07) is 6.75. The van der Waals surface area contributed by atoms with Gasteiger partial charge in [-0.3, -0.25) is 4.79 Å². The number of hydrogen-bond acceptors (Lipinski definition) is 5. The van der Waals surface area contributed by atoms with Crippen LogP contribution in [0.3, 0.4) is 0 Å². The van der Waals surface area contributed by atoms with Gasteiger partial charge in [-0.2, -0.15) is 0 Å². The summed E-state index contributed by atoms with van der Waals surface area (Å²) >= 11 is 3.29. The molecule has 2 rings (SSSR count). The molecule has 0 saturated heterocycles. The molecule has 0 atom stereocenters. The number of aromatic amines is 1. The number of H-pyrrole nitrogens is 1. The van der Waals surface area contributed by atoms with Crippen LogP contribution in [0.15, 0.2) is 28.7 Å². The first-order valence-corrected chi connectivity index (χ1v) is 8.46. The number of esters is 2. The lowest BCUT2D eigenvalue weighted by atomic mass is 10.1. The minimum Gasteiger partial charge on any atom is -0.462 e. The van der Waals surface area contributed by atoms with Crippen LogP contribution >= 0.6 is 15.9 Å². The summed E-state index contributed by atoms with van der Waals surface area (Å²) in [5.74, 6) is -1.51. The molecule has 7 heteroatoms. The molecule has 1 heterocycles. The third-order valence-electron chi connectivity index (χ3n) is 3.62. The number of rotatable bonds is 6. The van der Waals surface area contributed by atoms with Gasteiger partial charge in [0.15, 0.2) is 12.4 Å². The molecule has 0 aliphatic heterocycles. The minimum atomic E-state index is -0.693. The number of carbonyl (C=O) groups excluding carboxylic acids is 3. The molecule has 132 valence electrons. The fraction of sp³-hybridized carbons (Fsp3) is 0.278. The molecule has 0 saturated carbocycles. The summed E-state index contributed by atoms with van der Waals surface area (Å²) in [5.41, 5.74) is 1.86. The van der Waals surface area contributed by atoms with E-state index in [1.165, 1.54) is 0 Å². The van der Waals surface area contributed by atoms with Crippen molar-refractivity contribution in [2.75, 3.05) is 13.2 Å². The van der Waals surface area contributed by atoms with E-state index in [1.54, 1.807) is 45.0 Å². The fourth-order valence-corrected chi connectivity index (χ4v) is 2.65. The Kier molecular flexibility index (Phi) is 6.14. The molecule has 1 aromatic carbocycles. The normalized spacial score (nSPS) is 10.4. The van der Waals surface area contributed by atoms with Gasteiger partial charge in [-0.25, -0.2) is 9.59 Å². The monoisotopic (exact) mass is 407 g/mol.